The van der Waals surface area contributed by atoms with Crippen LogP contribution in [0.2, 0.25) is 0 Å². The van der Waals surface area contributed by atoms with Crippen LogP contribution in [0.1, 0.15) is 16.8 Å². The molecule has 1 heterocycles. The molecule has 1 aromatic rings. The first-order chi connectivity index (χ1) is 7.36. The van der Waals surface area contributed by atoms with Gasteiger partial charge in [0, 0.05) is 26.5 Å². The van der Waals surface area contributed by atoms with Crippen molar-refractivity contribution >= 4 is 6.29 Å². The summed E-state index contributed by atoms with van der Waals surface area (Å²) in [7, 11) is 1.67. The summed E-state index contributed by atoms with van der Waals surface area (Å²) in [6.45, 7) is 2.68. The van der Waals surface area contributed by atoms with Crippen LogP contribution in [0.25, 0.3) is 0 Å². The molecule has 84 valence electrons. The molecule has 0 radical (unpaired) electrons. The SMILES string of the molecule is COCCCOCCn1cc(C=O)cn1. The molecule has 15 heavy (non-hydrogen) atoms. The van der Waals surface area contributed by atoms with Crippen molar-refractivity contribution in [3.63, 3.8) is 0 Å². The van der Waals surface area contributed by atoms with E-state index in [0.29, 0.717) is 25.3 Å². The van der Waals surface area contributed by atoms with E-state index in [1.165, 1.54) is 6.20 Å². The summed E-state index contributed by atoms with van der Waals surface area (Å²) in [4.78, 5) is 10.4. The van der Waals surface area contributed by atoms with Crippen molar-refractivity contribution in [2.45, 2.75) is 13.0 Å². The van der Waals surface area contributed by atoms with Gasteiger partial charge in [-0.3, -0.25) is 9.48 Å². The predicted octanol–water partition coefficient (Wildman–Crippen LogP) is 0.749. The van der Waals surface area contributed by atoms with Crippen molar-refractivity contribution in [1.29, 1.82) is 0 Å². The van der Waals surface area contributed by atoms with Crippen LogP contribution < -0.4 is 0 Å². The molecular weight excluding hydrogens is 196 g/mol. The minimum Gasteiger partial charge on any atom is -0.385 e. The minimum absolute atomic E-state index is 0.592. The fourth-order valence-electron chi connectivity index (χ4n) is 1.13. The maximum absolute atomic E-state index is 10.4. The third-order valence-electron chi connectivity index (χ3n) is 1.89. The predicted molar refractivity (Wildman–Crippen MR) is 54.9 cm³/mol. The van der Waals surface area contributed by atoms with Crippen molar-refractivity contribution in [2.75, 3.05) is 26.9 Å². The Bertz CT molecular complexity index is 286. The summed E-state index contributed by atoms with van der Waals surface area (Å²) < 4.78 is 11.9. The van der Waals surface area contributed by atoms with Crippen LogP contribution in [-0.4, -0.2) is 43.0 Å². The summed E-state index contributed by atoms with van der Waals surface area (Å²) in [5.74, 6) is 0. The second-order valence-electron chi connectivity index (χ2n) is 3.11. The average Bonchev–Trinajstić information content (AvgIpc) is 2.71. The van der Waals surface area contributed by atoms with Gasteiger partial charge in [0.25, 0.3) is 0 Å². The van der Waals surface area contributed by atoms with E-state index in [0.717, 1.165) is 19.3 Å². The lowest BCUT2D eigenvalue weighted by molar-refractivity contribution is 0.0960. The Kier molecular flexibility index (Phi) is 5.65. The van der Waals surface area contributed by atoms with Gasteiger partial charge in [-0.25, -0.2) is 0 Å². The number of ether oxygens (including phenoxy) is 2. The Balaban J connectivity index is 2.07. The van der Waals surface area contributed by atoms with Crippen molar-refractivity contribution in [3.8, 4) is 0 Å². The standard InChI is InChI=1S/C10H16N2O3/c1-14-4-2-5-15-6-3-12-8-10(9-13)7-11-12/h7-9H,2-6H2,1H3. The number of nitrogens with zero attached hydrogens (tertiary/aromatic N) is 2. The zero-order chi connectivity index (χ0) is 10.9. The zero-order valence-corrected chi connectivity index (χ0v) is 8.89. The smallest absolute Gasteiger partial charge is 0.153 e. The van der Waals surface area contributed by atoms with E-state index in [9.17, 15) is 4.79 Å². The van der Waals surface area contributed by atoms with Crippen LogP contribution in [0.3, 0.4) is 0 Å². The first-order valence-electron chi connectivity index (χ1n) is 4.91. The van der Waals surface area contributed by atoms with Gasteiger partial charge in [0.1, 0.15) is 0 Å². The molecule has 0 aliphatic heterocycles. The number of carbonyl (C=O) groups excluding carboxylic acids is 1. The van der Waals surface area contributed by atoms with Crippen molar-refractivity contribution in [2.24, 2.45) is 0 Å². The zero-order valence-electron chi connectivity index (χ0n) is 8.89. The molecule has 0 fully saturated rings. The molecule has 0 amide bonds. The normalized spacial score (nSPS) is 10.5. The van der Waals surface area contributed by atoms with E-state index in [1.807, 2.05) is 0 Å². The van der Waals surface area contributed by atoms with Gasteiger partial charge in [0.05, 0.1) is 24.9 Å². The molecule has 0 unspecified atom stereocenters. The Morgan fingerprint density at radius 2 is 2.33 bits per heavy atom. The Morgan fingerprint density at radius 3 is 3.00 bits per heavy atom. The molecule has 0 aromatic carbocycles. The molecule has 1 rings (SSSR count). The van der Waals surface area contributed by atoms with Crippen LogP contribution in [-0.2, 0) is 16.0 Å². The first-order valence-corrected chi connectivity index (χ1v) is 4.91. The van der Waals surface area contributed by atoms with E-state index in [1.54, 1.807) is 18.0 Å². The quantitative estimate of drug-likeness (QED) is 0.471. The number of rotatable bonds is 8. The Hall–Kier alpha value is -1.20. The van der Waals surface area contributed by atoms with Crippen molar-refractivity contribution < 1.29 is 14.3 Å². The maximum Gasteiger partial charge on any atom is 0.153 e. The van der Waals surface area contributed by atoms with Crippen LogP contribution in [0.4, 0.5) is 0 Å². The number of hydrogen-bond donors (Lipinski definition) is 0. The number of aldehydes is 1. The highest BCUT2D eigenvalue weighted by atomic mass is 16.5. The lowest BCUT2D eigenvalue weighted by Crippen LogP contribution is -2.08. The molecule has 0 bridgehead atoms. The van der Waals surface area contributed by atoms with E-state index in [2.05, 4.69) is 5.10 Å². The van der Waals surface area contributed by atoms with Gasteiger partial charge < -0.3 is 9.47 Å². The topological polar surface area (TPSA) is 53.4 Å². The fraction of sp³-hybridized carbons (Fsp3) is 0.600. The summed E-state index contributed by atoms with van der Waals surface area (Å²) >= 11 is 0. The first kappa shape index (κ1) is 11.9. The highest BCUT2D eigenvalue weighted by Gasteiger charge is 1.96. The van der Waals surface area contributed by atoms with E-state index in [4.69, 9.17) is 9.47 Å². The van der Waals surface area contributed by atoms with E-state index < -0.39 is 0 Å². The maximum atomic E-state index is 10.4. The lowest BCUT2D eigenvalue weighted by atomic mass is 10.4. The molecule has 5 nitrogen and oxygen atoms in total. The van der Waals surface area contributed by atoms with Gasteiger partial charge in [-0.2, -0.15) is 5.10 Å². The fourth-order valence-corrected chi connectivity index (χ4v) is 1.13. The Morgan fingerprint density at radius 1 is 1.47 bits per heavy atom. The second kappa shape index (κ2) is 7.14. The van der Waals surface area contributed by atoms with Crippen LogP contribution >= 0.6 is 0 Å². The molecule has 0 saturated heterocycles. The third kappa shape index (κ3) is 4.71. The van der Waals surface area contributed by atoms with Gasteiger partial charge in [0.2, 0.25) is 0 Å². The van der Waals surface area contributed by atoms with Crippen molar-refractivity contribution in [1.82, 2.24) is 9.78 Å². The average molecular weight is 212 g/mol. The number of methoxy groups -OCH3 is 1. The van der Waals surface area contributed by atoms with Gasteiger partial charge in [0.15, 0.2) is 6.29 Å². The van der Waals surface area contributed by atoms with Gasteiger partial charge in [-0.05, 0) is 6.42 Å². The molecular formula is C10H16N2O3. The highest BCUT2D eigenvalue weighted by molar-refractivity contribution is 5.73. The van der Waals surface area contributed by atoms with Gasteiger partial charge in [-0.1, -0.05) is 0 Å². The number of aromatic nitrogens is 2. The van der Waals surface area contributed by atoms with Crippen LogP contribution in [0.5, 0.6) is 0 Å². The lowest BCUT2D eigenvalue weighted by Gasteiger charge is -2.03. The molecule has 0 aliphatic rings. The summed E-state index contributed by atoms with van der Waals surface area (Å²) in [6.07, 6.45) is 4.92. The monoisotopic (exact) mass is 212 g/mol. The van der Waals surface area contributed by atoms with E-state index in [-0.39, 0.29) is 0 Å². The molecule has 0 spiro atoms. The highest BCUT2D eigenvalue weighted by Crippen LogP contribution is 1.93. The molecule has 5 heteroatoms. The van der Waals surface area contributed by atoms with Crippen LogP contribution in [0, 0.1) is 0 Å². The molecule has 0 atom stereocenters. The minimum atomic E-state index is 0.592. The summed E-state index contributed by atoms with van der Waals surface area (Å²) in [6, 6.07) is 0. The van der Waals surface area contributed by atoms with Gasteiger partial charge >= 0.3 is 0 Å². The number of carbonyl (C=O) groups is 1. The molecule has 0 saturated carbocycles. The largest absolute Gasteiger partial charge is 0.385 e. The van der Waals surface area contributed by atoms with Gasteiger partial charge in [-0.15, -0.1) is 0 Å². The van der Waals surface area contributed by atoms with Crippen LogP contribution in [0.15, 0.2) is 12.4 Å². The molecule has 1 aromatic heterocycles. The van der Waals surface area contributed by atoms with Crippen molar-refractivity contribution in [3.05, 3.63) is 18.0 Å². The molecule has 0 N–H and O–H groups in total. The third-order valence-corrected chi connectivity index (χ3v) is 1.89. The summed E-state index contributed by atoms with van der Waals surface area (Å²) in [5, 5.41) is 4.00. The second-order valence-corrected chi connectivity index (χ2v) is 3.11. The van der Waals surface area contributed by atoms with E-state index >= 15 is 0 Å². The Labute approximate surface area is 89.0 Å². The summed E-state index contributed by atoms with van der Waals surface area (Å²) in [5.41, 5.74) is 0.592. The molecule has 0 aliphatic carbocycles. The number of hydrogen-bond acceptors (Lipinski definition) is 4.